The molecule has 104 valence electrons. The Labute approximate surface area is 124 Å². The van der Waals surface area contributed by atoms with Gasteiger partial charge in [0.2, 0.25) is 5.91 Å². The van der Waals surface area contributed by atoms with Gasteiger partial charge in [0, 0.05) is 11.1 Å². The van der Waals surface area contributed by atoms with Crippen LogP contribution in [-0.4, -0.2) is 11.9 Å². The fraction of sp³-hybridized carbons (Fsp3) is 0.533. The summed E-state index contributed by atoms with van der Waals surface area (Å²) in [6.45, 7) is 1.92. The molecule has 1 aromatic carbocycles. The lowest BCUT2D eigenvalue weighted by atomic mass is 9.95. The number of halogens is 2. The summed E-state index contributed by atoms with van der Waals surface area (Å²) in [7, 11) is 0. The zero-order valence-corrected chi connectivity index (χ0v) is 12.6. The second-order valence-electron chi connectivity index (χ2n) is 5.21. The van der Waals surface area contributed by atoms with E-state index in [4.69, 9.17) is 23.2 Å². The van der Waals surface area contributed by atoms with Gasteiger partial charge in [-0.2, -0.15) is 0 Å². The molecule has 1 saturated carbocycles. The van der Waals surface area contributed by atoms with E-state index in [-0.39, 0.29) is 11.9 Å². The molecule has 19 heavy (non-hydrogen) atoms. The van der Waals surface area contributed by atoms with Crippen molar-refractivity contribution < 1.29 is 4.79 Å². The normalized spacial score (nSPS) is 18.1. The molecule has 1 aliphatic carbocycles. The molecule has 0 aliphatic heterocycles. The van der Waals surface area contributed by atoms with E-state index >= 15 is 0 Å². The summed E-state index contributed by atoms with van der Waals surface area (Å²) < 4.78 is 0. The maximum atomic E-state index is 12.2. The van der Waals surface area contributed by atoms with Crippen molar-refractivity contribution in [1.29, 1.82) is 0 Å². The van der Waals surface area contributed by atoms with Gasteiger partial charge in [0.05, 0.1) is 0 Å². The zero-order valence-electron chi connectivity index (χ0n) is 11.1. The monoisotopic (exact) mass is 299 g/mol. The fourth-order valence-electron chi connectivity index (χ4n) is 2.59. The van der Waals surface area contributed by atoms with Crippen molar-refractivity contribution in [3.63, 3.8) is 0 Å². The van der Waals surface area contributed by atoms with E-state index in [1.54, 1.807) is 6.07 Å². The Morgan fingerprint density at radius 1 is 1.32 bits per heavy atom. The Bertz CT molecular complexity index is 455. The standard InChI is InChI=1S/C15H19Cl2NO/c1-10-9-11(16)7-8-13(10)14(17)15(19)18-12-5-3-2-4-6-12/h7-9,12,14H,2-6H2,1H3,(H,18,19). The van der Waals surface area contributed by atoms with Crippen molar-refractivity contribution in [2.75, 3.05) is 0 Å². The summed E-state index contributed by atoms with van der Waals surface area (Å²) in [5.74, 6) is -0.0982. The molecule has 2 rings (SSSR count). The third-order valence-corrected chi connectivity index (χ3v) is 4.36. The van der Waals surface area contributed by atoms with Gasteiger partial charge in [0.15, 0.2) is 0 Å². The maximum Gasteiger partial charge on any atom is 0.242 e. The maximum absolute atomic E-state index is 12.2. The molecule has 1 unspecified atom stereocenters. The van der Waals surface area contributed by atoms with Crippen LogP contribution in [0.5, 0.6) is 0 Å². The van der Waals surface area contributed by atoms with Gasteiger partial charge in [-0.3, -0.25) is 4.79 Å². The molecule has 0 aromatic heterocycles. The average molecular weight is 300 g/mol. The summed E-state index contributed by atoms with van der Waals surface area (Å²) in [6.07, 6.45) is 5.78. The molecule has 4 heteroatoms. The lowest BCUT2D eigenvalue weighted by Gasteiger charge is -2.24. The van der Waals surface area contributed by atoms with Crippen LogP contribution in [0.2, 0.25) is 5.02 Å². The predicted molar refractivity (Wildman–Crippen MR) is 79.8 cm³/mol. The third-order valence-electron chi connectivity index (χ3n) is 3.69. The van der Waals surface area contributed by atoms with Crippen LogP contribution >= 0.6 is 23.2 Å². The minimum atomic E-state index is -0.640. The Hall–Kier alpha value is -0.730. The van der Waals surface area contributed by atoms with Gasteiger partial charge in [-0.05, 0) is 43.0 Å². The Morgan fingerprint density at radius 2 is 2.00 bits per heavy atom. The highest BCUT2D eigenvalue weighted by Crippen LogP contribution is 2.27. The van der Waals surface area contributed by atoms with Crippen LogP contribution in [0.3, 0.4) is 0 Å². The number of hydrogen-bond acceptors (Lipinski definition) is 1. The Kier molecular flexibility index (Phi) is 5.12. The third kappa shape index (κ3) is 3.87. The van der Waals surface area contributed by atoms with E-state index in [9.17, 15) is 4.79 Å². The van der Waals surface area contributed by atoms with Crippen LogP contribution in [0, 0.1) is 6.92 Å². The Morgan fingerprint density at radius 3 is 2.63 bits per heavy atom. The van der Waals surface area contributed by atoms with Crippen molar-refractivity contribution in [3.8, 4) is 0 Å². The van der Waals surface area contributed by atoms with Gasteiger partial charge < -0.3 is 5.32 Å². The van der Waals surface area contributed by atoms with Crippen LogP contribution in [0.4, 0.5) is 0 Å². The highest BCUT2D eigenvalue weighted by atomic mass is 35.5. The molecule has 0 spiro atoms. The lowest BCUT2D eigenvalue weighted by Crippen LogP contribution is -2.38. The second kappa shape index (κ2) is 6.62. The van der Waals surface area contributed by atoms with Gasteiger partial charge in [-0.25, -0.2) is 0 Å². The summed E-state index contributed by atoms with van der Waals surface area (Å²) in [5.41, 5.74) is 1.78. The lowest BCUT2D eigenvalue weighted by molar-refractivity contribution is -0.121. The number of hydrogen-bond donors (Lipinski definition) is 1. The summed E-state index contributed by atoms with van der Waals surface area (Å²) in [4.78, 5) is 12.2. The average Bonchev–Trinajstić information content (AvgIpc) is 2.39. The van der Waals surface area contributed by atoms with Gasteiger partial charge in [-0.1, -0.05) is 36.9 Å². The summed E-state index contributed by atoms with van der Waals surface area (Å²) in [5, 5.41) is 3.08. The predicted octanol–water partition coefficient (Wildman–Crippen LogP) is 4.38. The number of carbonyl (C=O) groups excluding carboxylic acids is 1. The molecule has 1 amide bonds. The first-order valence-corrected chi connectivity index (χ1v) is 7.60. The van der Waals surface area contributed by atoms with Gasteiger partial charge in [0.1, 0.15) is 5.38 Å². The number of rotatable bonds is 3. The smallest absolute Gasteiger partial charge is 0.242 e. The minimum absolute atomic E-state index is 0.0982. The van der Waals surface area contributed by atoms with Crippen molar-refractivity contribution in [2.45, 2.75) is 50.4 Å². The SMILES string of the molecule is Cc1cc(Cl)ccc1C(Cl)C(=O)NC1CCCCC1. The first-order valence-electron chi connectivity index (χ1n) is 6.78. The molecule has 0 saturated heterocycles. The number of benzene rings is 1. The first kappa shape index (κ1) is 14.7. The van der Waals surface area contributed by atoms with Crippen LogP contribution in [0.25, 0.3) is 0 Å². The zero-order chi connectivity index (χ0) is 13.8. The van der Waals surface area contributed by atoms with Crippen LogP contribution in [-0.2, 0) is 4.79 Å². The van der Waals surface area contributed by atoms with Gasteiger partial charge >= 0.3 is 0 Å². The topological polar surface area (TPSA) is 29.1 Å². The molecular weight excluding hydrogens is 281 g/mol. The second-order valence-corrected chi connectivity index (χ2v) is 6.08. The van der Waals surface area contributed by atoms with Crippen molar-refractivity contribution >= 4 is 29.1 Å². The molecule has 1 aliphatic rings. The highest BCUT2D eigenvalue weighted by Gasteiger charge is 2.23. The molecule has 0 heterocycles. The number of amides is 1. The van der Waals surface area contributed by atoms with E-state index in [0.717, 1.165) is 24.0 Å². The molecule has 0 bridgehead atoms. The molecule has 2 nitrogen and oxygen atoms in total. The summed E-state index contributed by atoms with van der Waals surface area (Å²) >= 11 is 12.2. The van der Waals surface area contributed by atoms with Crippen molar-refractivity contribution in [3.05, 3.63) is 34.3 Å². The first-order chi connectivity index (χ1) is 9.08. The minimum Gasteiger partial charge on any atom is -0.352 e. The van der Waals surface area contributed by atoms with Crippen LogP contribution in [0.1, 0.15) is 48.6 Å². The quantitative estimate of drug-likeness (QED) is 0.825. The molecule has 1 fully saturated rings. The number of aryl methyl sites for hydroxylation is 1. The molecule has 1 N–H and O–H groups in total. The molecule has 0 radical (unpaired) electrons. The fourth-order valence-corrected chi connectivity index (χ4v) is 3.12. The van der Waals surface area contributed by atoms with E-state index in [0.29, 0.717) is 5.02 Å². The van der Waals surface area contributed by atoms with Gasteiger partial charge in [0.25, 0.3) is 0 Å². The number of carbonyl (C=O) groups is 1. The largest absolute Gasteiger partial charge is 0.352 e. The van der Waals surface area contributed by atoms with E-state index in [1.165, 1.54) is 19.3 Å². The van der Waals surface area contributed by atoms with Crippen molar-refractivity contribution in [1.82, 2.24) is 5.32 Å². The van der Waals surface area contributed by atoms with E-state index in [2.05, 4.69) is 5.32 Å². The van der Waals surface area contributed by atoms with Crippen LogP contribution < -0.4 is 5.32 Å². The Balaban J connectivity index is 2.01. The van der Waals surface area contributed by atoms with Gasteiger partial charge in [-0.15, -0.1) is 11.6 Å². The van der Waals surface area contributed by atoms with Crippen molar-refractivity contribution in [2.24, 2.45) is 0 Å². The van der Waals surface area contributed by atoms with Crippen LogP contribution in [0.15, 0.2) is 18.2 Å². The van der Waals surface area contributed by atoms with E-state index in [1.807, 2.05) is 19.1 Å². The van der Waals surface area contributed by atoms with E-state index < -0.39 is 5.38 Å². The molecule has 1 aromatic rings. The number of alkyl halides is 1. The summed E-state index contributed by atoms with van der Waals surface area (Å²) in [6, 6.07) is 5.72. The number of nitrogens with one attached hydrogen (secondary N) is 1. The molecular formula is C15H19Cl2NO. The molecule has 1 atom stereocenters. The highest BCUT2D eigenvalue weighted by molar-refractivity contribution is 6.32.